The summed E-state index contributed by atoms with van der Waals surface area (Å²) in [6.07, 6.45) is 2.94. The molecule has 2 heterocycles. The van der Waals surface area contributed by atoms with Crippen molar-refractivity contribution in [3.63, 3.8) is 0 Å². The number of pyridine rings is 1. The predicted molar refractivity (Wildman–Crippen MR) is 222 cm³/mol. The maximum atomic E-state index is 11.5. The van der Waals surface area contributed by atoms with Crippen molar-refractivity contribution >= 4 is 43.9 Å². The third-order valence-electron chi connectivity index (χ3n) is 8.11. The largest absolute Gasteiger partial charge is 1.00 e. The number of nitrogens with zero attached hydrogens (tertiary/aromatic N) is 2. The number of aliphatic imine (C=N–C) groups is 1. The summed E-state index contributed by atoms with van der Waals surface area (Å²) in [5.74, 6) is 0.786. The number of amides is 1. The van der Waals surface area contributed by atoms with E-state index in [-0.39, 0.29) is 81.3 Å². The van der Waals surface area contributed by atoms with Crippen LogP contribution < -0.4 is 49.2 Å². The zero-order valence-electron chi connectivity index (χ0n) is 36.2. The maximum Gasteiger partial charge on any atom is 1.00 e. The van der Waals surface area contributed by atoms with Crippen LogP contribution in [0.1, 0.15) is 37.8 Å². The zero-order chi connectivity index (χ0) is 44.8. The van der Waals surface area contributed by atoms with Gasteiger partial charge < -0.3 is 57.2 Å². The van der Waals surface area contributed by atoms with Crippen molar-refractivity contribution in [2.75, 3.05) is 92.4 Å². The molecular weight excluding hydrogens is 856 g/mol. The Labute approximate surface area is 389 Å². The molecule has 0 bridgehead atoms. The van der Waals surface area contributed by atoms with Crippen LogP contribution in [0.5, 0.6) is 11.6 Å². The molecule has 1 N–H and O–H groups in total. The maximum absolute atomic E-state index is 11.5. The van der Waals surface area contributed by atoms with Gasteiger partial charge in [0, 0.05) is 31.0 Å². The minimum Gasteiger partial charge on any atom is -0.756 e. The summed E-state index contributed by atoms with van der Waals surface area (Å²) < 4.78 is 61.8. The molecule has 0 saturated heterocycles. The second-order valence-electron chi connectivity index (χ2n) is 13.2. The summed E-state index contributed by atoms with van der Waals surface area (Å²) >= 11 is 0. The van der Waals surface area contributed by atoms with Gasteiger partial charge in [0.15, 0.2) is 11.9 Å². The molecule has 21 heteroatoms. The van der Waals surface area contributed by atoms with E-state index in [0.29, 0.717) is 38.9 Å². The fraction of sp³-hybridized carbons (Fsp3) is 0.476. The molecule has 2 unspecified atom stereocenters. The number of Topliss-reactive ketones (excluding diaryl/α,β-unsaturated/α-hetero) is 1. The molecule has 0 saturated carbocycles. The van der Waals surface area contributed by atoms with Crippen molar-refractivity contribution in [3.05, 3.63) is 71.9 Å². The monoisotopic (exact) mass is 911 g/mol. The Morgan fingerprint density at radius 3 is 2.21 bits per heavy atom. The number of fused-ring (bicyclic) bond motifs is 1. The van der Waals surface area contributed by atoms with Crippen LogP contribution in [0.15, 0.2) is 65.8 Å². The molecule has 1 aromatic heterocycles. The summed E-state index contributed by atoms with van der Waals surface area (Å²) in [5, 5.41) is 2.35. The predicted octanol–water partition coefficient (Wildman–Crippen LogP) is 0.727. The number of unbranched alkanes of at least 4 members (excludes halogenated alkanes) is 1. The molecule has 0 radical (unpaired) electrons. The molecule has 3 aromatic rings. The van der Waals surface area contributed by atoms with E-state index < -0.39 is 39.7 Å². The quantitative estimate of drug-likeness (QED) is 0.0405. The molecule has 0 spiro atoms. The van der Waals surface area contributed by atoms with Gasteiger partial charge in [-0.25, -0.2) is 9.98 Å². The van der Waals surface area contributed by atoms with Crippen LogP contribution in [0.3, 0.4) is 0 Å². The number of ether oxygens (including phenoxy) is 8. The molecule has 2 atom stereocenters. The third kappa shape index (κ3) is 24.0. The average Bonchev–Trinajstić information content (AvgIpc) is 3.27. The fourth-order valence-corrected chi connectivity index (χ4v) is 5.77. The normalized spacial score (nSPS) is 12.9. The Morgan fingerprint density at radius 2 is 1.52 bits per heavy atom. The van der Waals surface area contributed by atoms with E-state index >= 15 is 0 Å². The summed E-state index contributed by atoms with van der Waals surface area (Å²) in [5.41, 5.74) is 6.16. The molecule has 1 aliphatic heterocycles. The van der Waals surface area contributed by atoms with Crippen molar-refractivity contribution < 1.29 is 105 Å². The molecule has 63 heavy (non-hydrogen) atoms. The van der Waals surface area contributed by atoms with Crippen LogP contribution in [0.4, 0.5) is 5.69 Å². The topological polar surface area (TPSA) is 238 Å². The van der Waals surface area contributed by atoms with Gasteiger partial charge in [-0.2, -0.15) is 0 Å². The molecule has 0 aliphatic carbocycles. The van der Waals surface area contributed by atoms with Crippen LogP contribution in [0.2, 0.25) is 0 Å². The molecule has 4 rings (SSSR count). The van der Waals surface area contributed by atoms with Crippen molar-refractivity contribution in [1.82, 2.24) is 10.3 Å². The first-order chi connectivity index (χ1) is 30.0. The van der Waals surface area contributed by atoms with E-state index in [9.17, 15) is 28.6 Å². The first kappa shape index (κ1) is 55.0. The van der Waals surface area contributed by atoms with Gasteiger partial charge >= 0.3 is 29.6 Å². The second-order valence-corrected chi connectivity index (χ2v) is 14.6. The van der Waals surface area contributed by atoms with Crippen LogP contribution in [0, 0.1) is 6.92 Å². The van der Waals surface area contributed by atoms with Gasteiger partial charge in [0.25, 0.3) is 20.8 Å². The molecule has 0 fully saturated rings. The number of aryl methyl sites for hydroxylation is 1. The number of hydrogen-bond acceptors (Lipinski definition) is 18. The van der Waals surface area contributed by atoms with Crippen molar-refractivity contribution in [2.45, 2.75) is 39.7 Å². The molecule has 1 amide bonds. The van der Waals surface area contributed by atoms with Gasteiger partial charge in [-0.05, 0) is 55.2 Å². The number of carbonyl (C=O) groups excluding carboxylic acids is 4. The van der Waals surface area contributed by atoms with Gasteiger partial charge in [0.2, 0.25) is 11.8 Å². The summed E-state index contributed by atoms with van der Waals surface area (Å²) in [4.78, 5) is 63.1. The Bertz CT molecular complexity index is 1870. The van der Waals surface area contributed by atoms with Crippen molar-refractivity contribution in [3.8, 4) is 22.8 Å². The minimum atomic E-state index is -4.72. The van der Waals surface area contributed by atoms with Gasteiger partial charge in [-0.1, -0.05) is 43.7 Å². The number of rotatable bonds is 31. The number of hydrogen-bond donors (Lipinski definition) is 1. The third-order valence-corrected chi connectivity index (χ3v) is 9.08. The Hall–Kier alpha value is -4.11. The Morgan fingerprint density at radius 1 is 0.841 bits per heavy atom. The second kappa shape index (κ2) is 32.5. The number of phosphoric ester groups is 1. The smallest absolute Gasteiger partial charge is 0.756 e. The van der Waals surface area contributed by atoms with E-state index in [1.807, 2.05) is 36.5 Å². The Balaban J connectivity index is 0.000000437. The van der Waals surface area contributed by atoms with Crippen molar-refractivity contribution in [1.29, 1.82) is 0 Å². The summed E-state index contributed by atoms with van der Waals surface area (Å²) in [6.45, 7) is 7.59. The fourth-order valence-electron chi connectivity index (χ4n) is 5.03. The SMILES string of the molecule is CC(=O)COCCOCC(=O)NCCOP(=O)([O-])OCC(COC=O)OC=O.CCCCOCCOCCOc1ccc(-c2ccc(C3=Nc4cc(C)ccc4OC3)cc2)cn1.[Na+]. The summed E-state index contributed by atoms with van der Waals surface area (Å²) in [7, 11) is -4.72. The number of benzene rings is 2. The average molecular weight is 912 g/mol. The first-order valence-electron chi connectivity index (χ1n) is 19.9. The van der Waals surface area contributed by atoms with Crippen LogP contribution in [0.25, 0.3) is 11.1 Å². The van der Waals surface area contributed by atoms with E-state index in [2.05, 4.69) is 66.9 Å². The first-order valence-corrected chi connectivity index (χ1v) is 21.3. The standard InChI is InChI=1S/C28H32N2O4.C14H24NO12P.Na/c1-3-4-13-31-14-15-32-16-17-33-28-12-10-24(19-29-28)22-6-8-23(9-7-22)26-20-34-27-11-5-21(2)18-25(27)30-26;1-12(18)6-22-4-5-23-9-14(19)15-2-3-26-28(20,21)27-8-13(25-11-17)7-24-10-16;/h5-12,18-19H,3-4,13-17,20H2,1-2H3;10-11,13H,2-9H2,1H3,(H,15,19)(H,20,21);/q;;+1/p-1. The van der Waals surface area contributed by atoms with E-state index in [1.165, 1.54) is 12.5 Å². The van der Waals surface area contributed by atoms with Gasteiger partial charge in [0.05, 0.1) is 52.0 Å². The van der Waals surface area contributed by atoms with Gasteiger partial charge in [0.1, 0.15) is 44.5 Å². The molecule has 340 valence electrons. The van der Waals surface area contributed by atoms with E-state index in [1.54, 1.807) is 0 Å². The molecule has 19 nitrogen and oxygen atoms in total. The van der Waals surface area contributed by atoms with E-state index in [0.717, 1.165) is 53.3 Å². The van der Waals surface area contributed by atoms with Crippen molar-refractivity contribution in [2.24, 2.45) is 4.99 Å². The zero-order valence-corrected chi connectivity index (χ0v) is 39.1. The number of phosphoric acid groups is 1. The van der Waals surface area contributed by atoms with E-state index in [4.69, 9.17) is 33.4 Å². The van der Waals surface area contributed by atoms with Gasteiger partial charge in [-0.15, -0.1) is 0 Å². The molecule has 2 aromatic carbocycles. The Kier molecular flexibility index (Phi) is 28.4. The van der Waals surface area contributed by atoms with Gasteiger partial charge in [-0.3, -0.25) is 23.7 Å². The number of nitrogens with one attached hydrogen (secondary N) is 1. The number of ketones is 1. The number of carbonyl (C=O) groups is 4. The van der Waals surface area contributed by atoms with Crippen LogP contribution in [-0.2, 0) is 61.2 Å². The minimum absolute atomic E-state index is 0. The van der Waals surface area contributed by atoms with Crippen LogP contribution in [-0.4, -0.2) is 134 Å². The molecular formula is C42H55N3NaO16P. The van der Waals surface area contributed by atoms with Crippen LogP contribution >= 0.6 is 7.82 Å². The molecule has 1 aliphatic rings. The number of aromatic nitrogens is 1. The summed E-state index contributed by atoms with van der Waals surface area (Å²) in [6, 6.07) is 18.3.